The number of amides is 1. The van der Waals surface area contributed by atoms with E-state index in [0.29, 0.717) is 23.8 Å². The molecule has 3 aromatic rings. The highest BCUT2D eigenvalue weighted by atomic mass is 32.1. The maximum atomic E-state index is 12.0. The molecule has 2 N–H and O–H groups in total. The lowest BCUT2D eigenvalue weighted by Gasteiger charge is -2.26. The molecule has 0 aliphatic carbocycles. The lowest BCUT2D eigenvalue weighted by molar-refractivity contribution is -0.133. The van der Waals surface area contributed by atoms with E-state index in [0.717, 1.165) is 46.3 Å². The van der Waals surface area contributed by atoms with Crippen LogP contribution in [0.25, 0.3) is 10.6 Å². The van der Waals surface area contributed by atoms with Crippen molar-refractivity contribution in [2.75, 3.05) is 11.9 Å². The zero-order valence-corrected chi connectivity index (χ0v) is 18.0. The minimum atomic E-state index is -0.577. The van der Waals surface area contributed by atoms with Crippen LogP contribution in [0, 0.1) is 6.92 Å². The summed E-state index contributed by atoms with van der Waals surface area (Å²) >= 11 is 2.97. The number of piperidine rings is 1. The van der Waals surface area contributed by atoms with Crippen molar-refractivity contribution in [3.05, 3.63) is 40.0 Å². The van der Waals surface area contributed by atoms with Crippen molar-refractivity contribution < 1.29 is 9.90 Å². The van der Waals surface area contributed by atoms with Gasteiger partial charge in [-0.1, -0.05) is 6.07 Å². The number of likely N-dealkylation sites (tertiary alicyclic amines) is 1. The van der Waals surface area contributed by atoms with E-state index < -0.39 is 6.10 Å². The largest absolute Gasteiger partial charge is 0.386 e. The second kappa shape index (κ2) is 8.56. The van der Waals surface area contributed by atoms with E-state index in [1.54, 1.807) is 13.1 Å². The van der Waals surface area contributed by atoms with E-state index in [1.165, 1.54) is 22.7 Å². The molecular formula is C20H23N5O2S2. The zero-order chi connectivity index (χ0) is 20.4. The van der Waals surface area contributed by atoms with Gasteiger partial charge in [0.2, 0.25) is 5.91 Å². The lowest BCUT2D eigenvalue weighted by atomic mass is 10.1. The number of nitrogens with one attached hydrogen (secondary N) is 1. The van der Waals surface area contributed by atoms with Crippen molar-refractivity contribution in [3.63, 3.8) is 0 Å². The second-order valence-electron chi connectivity index (χ2n) is 7.13. The number of anilines is 2. The summed E-state index contributed by atoms with van der Waals surface area (Å²) in [7, 11) is 0. The van der Waals surface area contributed by atoms with E-state index in [4.69, 9.17) is 0 Å². The molecule has 1 aliphatic rings. The van der Waals surface area contributed by atoms with Crippen molar-refractivity contribution in [2.45, 2.75) is 45.8 Å². The van der Waals surface area contributed by atoms with Crippen LogP contribution in [0.4, 0.5) is 10.9 Å². The molecule has 152 valence electrons. The van der Waals surface area contributed by atoms with Crippen molar-refractivity contribution in [2.24, 2.45) is 0 Å². The first-order chi connectivity index (χ1) is 14.0. The minimum absolute atomic E-state index is 0.228. The molecule has 4 heterocycles. The van der Waals surface area contributed by atoms with Crippen LogP contribution in [0.15, 0.2) is 23.7 Å². The molecule has 1 unspecified atom stereocenters. The Bertz CT molecular complexity index is 997. The molecule has 1 amide bonds. The Labute approximate surface area is 177 Å². The number of aliphatic hydroxyl groups is 1. The maximum absolute atomic E-state index is 12.0. The fraction of sp³-hybridized carbons (Fsp3) is 0.400. The molecule has 29 heavy (non-hydrogen) atoms. The van der Waals surface area contributed by atoms with Gasteiger partial charge in [0.05, 0.1) is 16.3 Å². The summed E-state index contributed by atoms with van der Waals surface area (Å²) in [4.78, 5) is 28.4. The topological polar surface area (TPSA) is 91.2 Å². The average molecular weight is 430 g/mol. The summed E-state index contributed by atoms with van der Waals surface area (Å²) in [6, 6.07) is 3.91. The molecular weight excluding hydrogens is 406 g/mol. The number of thiazole rings is 2. The molecule has 1 aliphatic heterocycles. The highest BCUT2D eigenvalue weighted by molar-refractivity contribution is 7.17. The second-order valence-corrected chi connectivity index (χ2v) is 9.02. The van der Waals surface area contributed by atoms with Crippen LogP contribution in [-0.2, 0) is 11.3 Å². The molecule has 0 radical (unpaired) electrons. The third-order valence-corrected chi connectivity index (χ3v) is 6.87. The lowest BCUT2D eigenvalue weighted by Crippen LogP contribution is -2.34. The van der Waals surface area contributed by atoms with Crippen LogP contribution in [0.5, 0.6) is 0 Å². The number of aryl methyl sites for hydroxylation is 1. The highest BCUT2D eigenvalue weighted by Gasteiger charge is 2.18. The summed E-state index contributed by atoms with van der Waals surface area (Å²) in [5.74, 6) is 0.941. The number of rotatable bonds is 6. The van der Waals surface area contributed by atoms with Gasteiger partial charge in [-0.2, -0.15) is 0 Å². The summed E-state index contributed by atoms with van der Waals surface area (Å²) in [5, 5.41) is 16.4. The SMILES string of the molecule is Cc1nc(C(C)O)sc1-c1csc(Nc2ccc(CN3CCCCC3=O)cn2)n1. The predicted octanol–water partition coefficient (Wildman–Crippen LogP) is 4.28. The number of nitrogens with zero attached hydrogens (tertiary/aromatic N) is 4. The Kier molecular flexibility index (Phi) is 5.89. The van der Waals surface area contributed by atoms with Gasteiger partial charge in [0.15, 0.2) is 5.13 Å². The quantitative estimate of drug-likeness (QED) is 0.608. The first-order valence-corrected chi connectivity index (χ1v) is 11.3. The van der Waals surface area contributed by atoms with Crippen LogP contribution < -0.4 is 5.32 Å². The van der Waals surface area contributed by atoms with E-state index in [9.17, 15) is 9.90 Å². The van der Waals surface area contributed by atoms with Gasteiger partial charge < -0.3 is 15.3 Å². The highest BCUT2D eigenvalue weighted by Crippen LogP contribution is 2.34. The number of carbonyl (C=O) groups is 1. The van der Waals surface area contributed by atoms with Gasteiger partial charge in [-0.3, -0.25) is 4.79 Å². The molecule has 3 aromatic heterocycles. The van der Waals surface area contributed by atoms with Gasteiger partial charge in [-0.15, -0.1) is 22.7 Å². The number of hydrogen-bond acceptors (Lipinski definition) is 8. The Morgan fingerprint density at radius 1 is 1.31 bits per heavy atom. The zero-order valence-electron chi connectivity index (χ0n) is 16.4. The van der Waals surface area contributed by atoms with Gasteiger partial charge in [0, 0.05) is 31.1 Å². The van der Waals surface area contributed by atoms with Gasteiger partial charge in [-0.05, 0) is 38.3 Å². The number of hydrogen-bond donors (Lipinski definition) is 2. The molecule has 9 heteroatoms. The smallest absolute Gasteiger partial charge is 0.222 e. The molecule has 1 fully saturated rings. The van der Waals surface area contributed by atoms with Gasteiger partial charge >= 0.3 is 0 Å². The predicted molar refractivity (Wildman–Crippen MR) is 115 cm³/mol. The summed E-state index contributed by atoms with van der Waals surface area (Å²) in [6.45, 7) is 5.09. The molecule has 4 rings (SSSR count). The minimum Gasteiger partial charge on any atom is -0.386 e. The Balaban J connectivity index is 1.42. The summed E-state index contributed by atoms with van der Waals surface area (Å²) < 4.78 is 0. The third-order valence-electron chi connectivity index (χ3n) is 4.76. The van der Waals surface area contributed by atoms with E-state index >= 15 is 0 Å². The monoisotopic (exact) mass is 429 g/mol. The standard InChI is InChI=1S/C20H23N5O2S2/c1-12-18(29-19(22-12)13(2)26)15-11-28-20(23-15)24-16-7-6-14(9-21-16)10-25-8-4-3-5-17(25)27/h6-7,9,11,13,26H,3-5,8,10H2,1-2H3,(H,21,23,24). The van der Waals surface area contributed by atoms with Gasteiger partial charge in [0.25, 0.3) is 0 Å². The molecule has 0 saturated carbocycles. The van der Waals surface area contributed by atoms with Crippen molar-refractivity contribution in [3.8, 4) is 10.6 Å². The molecule has 0 aromatic carbocycles. The molecule has 0 spiro atoms. The Morgan fingerprint density at radius 3 is 2.86 bits per heavy atom. The van der Waals surface area contributed by atoms with Crippen LogP contribution >= 0.6 is 22.7 Å². The molecule has 1 atom stereocenters. The van der Waals surface area contributed by atoms with Gasteiger partial charge in [0.1, 0.15) is 16.9 Å². The van der Waals surface area contributed by atoms with E-state index in [1.807, 2.05) is 29.3 Å². The first-order valence-electron chi connectivity index (χ1n) is 9.60. The number of carbonyl (C=O) groups excluding carboxylic acids is 1. The summed E-state index contributed by atoms with van der Waals surface area (Å²) in [6.07, 6.45) is 3.95. The molecule has 0 bridgehead atoms. The Hall–Kier alpha value is -2.36. The number of aliphatic hydroxyl groups excluding tert-OH is 1. The van der Waals surface area contributed by atoms with Gasteiger partial charge in [-0.25, -0.2) is 15.0 Å². The maximum Gasteiger partial charge on any atom is 0.222 e. The van der Waals surface area contributed by atoms with Crippen LogP contribution in [0.1, 0.15) is 48.6 Å². The molecule has 7 nitrogen and oxygen atoms in total. The average Bonchev–Trinajstić information content (AvgIpc) is 3.31. The number of aromatic nitrogens is 3. The van der Waals surface area contributed by atoms with E-state index in [-0.39, 0.29) is 5.91 Å². The first kappa shape index (κ1) is 19.9. The van der Waals surface area contributed by atoms with Crippen LogP contribution in [0.2, 0.25) is 0 Å². The third kappa shape index (κ3) is 4.63. The van der Waals surface area contributed by atoms with Crippen molar-refractivity contribution in [1.82, 2.24) is 19.9 Å². The van der Waals surface area contributed by atoms with Crippen LogP contribution in [0.3, 0.4) is 0 Å². The fourth-order valence-corrected chi connectivity index (χ4v) is 4.97. The van der Waals surface area contributed by atoms with E-state index in [2.05, 4.69) is 20.3 Å². The van der Waals surface area contributed by atoms with Crippen molar-refractivity contribution in [1.29, 1.82) is 0 Å². The normalized spacial score (nSPS) is 15.6. The number of pyridine rings is 1. The summed E-state index contributed by atoms with van der Waals surface area (Å²) in [5.41, 5.74) is 2.74. The molecule has 1 saturated heterocycles. The fourth-order valence-electron chi connectivity index (χ4n) is 3.22. The van der Waals surface area contributed by atoms with Crippen molar-refractivity contribution >= 4 is 39.5 Å². The Morgan fingerprint density at radius 2 is 2.17 bits per heavy atom. The van der Waals surface area contributed by atoms with Crippen LogP contribution in [-0.4, -0.2) is 37.4 Å².